The molecule has 2 aromatic carbocycles. The van der Waals surface area contributed by atoms with Crippen LogP contribution in [0.15, 0.2) is 54.6 Å². The van der Waals surface area contributed by atoms with E-state index in [2.05, 4.69) is 16.3 Å². The van der Waals surface area contributed by atoms with E-state index in [1.165, 1.54) is 5.56 Å². The molecular formula is C25H25ClN4O2. The molecule has 0 bridgehead atoms. The van der Waals surface area contributed by atoms with Crippen LogP contribution in [0.1, 0.15) is 52.6 Å². The van der Waals surface area contributed by atoms with Crippen LogP contribution in [0.5, 0.6) is 0 Å². The molecule has 1 aromatic heterocycles. The van der Waals surface area contributed by atoms with Crippen LogP contribution in [0.2, 0.25) is 5.02 Å². The quantitative estimate of drug-likeness (QED) is 0.636. The van der Waals surface area contributed by atoms with Gasteiger partial charge in [0.1, 0.15) is 0 Å². The first-order valence-electron chi connectivity index (χ1n) is 11.1. The van der Waals surface area contributed by atoms with E-state index in [-0.39, 0.29) is 17.9 Å². The van der Waals surface area contributed by atoms with Crippen LogP contribution in [-0.2, 0) is 17.6 Å². The van der Waals surface area contributed by atoms with Crippen LogP contribution in [-0.4, -0.2) is 40.0 Å². The number of fused-ring (bicyclic) bond motifs is 1. The summed E-state index contributed by atoms with van der Waals surface area (Å²) in [5, 5.41) is 8.04. The highest BCUT2D eigenvalue weighted by molar-refractivity contribution is 6.30. The van der Waals surface area contributed by atoms with Crippen molar-refractivity contribution in [3.05, 3.63) is 82.1 Å². The molecule has 1 unspecified atom stereocenters. The van der Waals surface area contributed by atoms with E-state index in [4.69, 9.17) is 11.6 Å². The maximum absolute atomic E-state index is 13.1. The van der Waals surface area contributed by atoms with Gasteiger partial charge in [0.05, 0.1) is 18.2 Å². The normalized spacial score (nSPS) is 18.0. The molecule has 3 aromatic rings. The second-order valence-electron chi connectivity index (χ2n) is 8.45. The van der Waals surface area contributed by atoms with Gasteiger partial charge in [-0.05, 0) is 61.1 Å². The summed E-state index contributed by atoms with van der Waals surface area (Å²) in [5.74, 6) is -0.0275. The number of nitrogens with zero attached hydrogens (tertiary/aromatic N) is 3. The third-order valence-corrected chi connectivity index (χ3v) is 6.65. The van der Waals surface area contributed by atoms with Gasteiger partial charge in [0.15, 0.2) is 5.69 Å². The van der Waals surface area contributed by atoms with Crippen molar-refractivity contribution in [3.8, 4) is 0 Å². The Kier molecular flexibility index (Phi) is 5.70. The third-order valence-electron chi connectivity index (χ3n) is 6.40. The van der Waals surface area contributed by atoms with Gasteiger partial charge in [0.2, 0.25) is 5.91 Å². The molecule has 2 aliphatic heterocycles. The summed E-state index contributed by atoms with van der Waals surface area (Å²) >= 11 is 5.97. The number of rotatable bonds is 4. The zero-order valence-corrected chi connectivity index (χ0v) is 18.5. The Morgan fingerprint density at radius 2 is 1.88 bits per heavy atom. The number of hydrogen-bond acceptors (Lipinski definition) is 3. The smallest absolute Gasteiger partial charge is 0.278 e. The molecule has 5 rings (SSSR count). The molecule has 6 nitrogen and oxygen atoms in total. The van der Waals surface area contributed by atoms with E-state index in [1.54, 1.807) is 17.0 Å². The van der Waals surface area contributed by atoms with Crippen molar-refractivity contribution in [3.63, 3.8) is 0 Å². The summed E-state index contributed by atoms with van der Waals surface area (Å²) in [7, 11) is 0. The van der Waals surface area contributed by atoms with E-state index < -0.39 is 0 Å². The highest BCUT2D eigenvalue weighted by Gasteiger charge is 2.31. The van der Waals surface area contributed by atoms with Gasteiger partial charge < -0.3 is 9.80 Å². The van der Waals surface area contributed by atoms with Crippen molar-refractivity contribution in [1.82, 2.24) is 15.1 Å². The first-order valence-corrected chi connectivity index (χ1v) is 11.5. The van der Waals surface area contributed by atoms with E-state index in [9.17, 15) is 9.59 Å². The van der Waals surface area contributed by atoms with Crippen molar-refractivity contribution in [2.45, 2.75) is 38.1 Å². The minimum atomic E-state index is -0.104. The van der Waals surface area contributed by atoms with Gasteiger partial charge >= 0.3 is 0 Å². The lowest BCUT2D eigenvalue weighted by Gasteiger charge is -2.35. The number of H-pyrrole nitrogens is 1. The van der Waals surface area contributed by atoms with Gasteiger partial charge in [-0.3, -0.25) is 14.7 Å². The van der Waals surface area contributed by atoms with Crippen molar-refractivity contribution >= 4 is 29.1 Å². The number of hydrogen-bond donors (Lipinski definition) is 1. The molecule has 164 valence electrons. The standard InChI is InChI=1S/C25H25ClN4O2/c26-19-10-8-17(9-11-19)15-24(31)29-13-4-3-7-23(29)20-16-21(28-27-20)25(32)30-14-12-18-5-1-2-6-22(18)30/h1-2,5-6,8-11,16,23H,3-4,7,12-15H2,(H,27,28). The van der Waals surface area contributed by atoms with Crippen molar-refractivity contribution in [1.29, 1.82) is 0 Å². The number of carbonyl (C=O) groups excluding carboxylic acids is 2. The number of para-hydroxylation sites is 1. The summed E-state index contributed by atoms with van der Waals surface area (Å²) in [5.41, 5.74) is 4.30. The molecule has 7 heteroatoms. The minimum Gasteiger partial charge on any atom is -0.334 e. The molecule has 2 amide bonds. The van der Waals surface area contributed by atoms with Crippen molar-refractivity contribution in [2.75, 3.05) is 18.0 Å². The van der Waals surface area contributed by atoms with Crippen LogP contribution in [0.3, 0.4) is 0 Å². The van der Waals surface area contributed by atoms with Gasteiger partial charge in [-0.2, -0.15) is 5.10 Å². The Hall–Kier alpha value is -3.12. The highest BCUT2D eigenvalue weighted by atomic mass is 35.5. The van der Waals surface area contributed by atoms with Crippen LogP contribution in [0.25, 0.3) is 0 Å². The lowest BCUT2D eigenvalue weighted by Crippen LogP contribution is -2.39. The molecule has 0 aliphatic carbocycles. The van der Waals surface area contributed by atoms with Crippen LogP contribution in [0, 0.1) is 0 Å². The molecule has 1 fully saturated rings. The number of piperidine rings is 1. The number of aromatic amines is 1. The molecule has 3 heterocycles. The Bertz CT molecular complexity index is 1140. The molecule has 2 aliphatic rings. The third kappa shape index (κ3) is 4.02. The molecule has 1 N–H and O–H groups in total. The summed E-state index contributed by atoms with van der Waals surface area (Å²) in [6, 6.07) is 17.1. The predicted octanol–water partition coefficient (Wildman–Crippen LogP) is 4.56. The number of carbonyl (C=O) groups is 2. The van der Waals surface area contributed by atoms with Crippen LogP contribution < -0.4 is 4.90 Å². The number of anilines is 1. The maximum Gasteiger partial charge on any atom is 0.278 e. The fourth-order valence-corrected chi connectivity index (χ4v) is 4.86. The fourth-order valence-electron chi connectivity index (χ4n) is 4.74. The minimum absolute atomic E-state index is 0.0768. The number of nitrogens with one attached hydrogen (secondary N) is 1. The lowest BCUT2D eigenvalue weighted by atomic mass is 9.98. The Morgan fingerprint density at radius 1 is 1.06 bits per heavy atom. The lowest BCUT2D eigenvalue weighted by molar-refractivity contribution is -0.134. The summed E-state index contributed by atoms with van der Waals surface area (Å²) in [6.07, 6.45) is 4.06. The number of amides is 2. The number of halogens is 1. The average molecular weight is 449 g/mol. The number of benzene rings is 2. The summed E-state index contributed by atoms with van der Waals surface area (Å²) in [6.45, 7) is 1.37. The summed E-state index contributed by atoms with van der Waals surface area (Å²) in [4.78, 5) is 30.0. The van der Waals surface area contributed by atoms with Gasteiger partial charge in [0.25, 0.3) is 5.91 Å². The Balaban J connectivity index is 1.33. The van der Waals surface area contributed by atoms with Crippen molar-refractivity contribution in [2.24, 2.45) is 0 Å². The molecule has 0 saturated carbocycles. The molecule has 1 atom stereocenters. The molecule has 0 spiro atoms. The average Bonchev–Trinajstić information content (AvgIpc) is 3.48. The van der Waals surface area contributed by atoms with Gasteiger partial charge in [-0.1, -0.05) is 41.9 Å². The zero-order chi connectivity index (χ0) is 22.1. The first kappa shape index (κ1) is 20.8. The Labute approximate surface area is 192 Å². The van der Waals surface area contributed by atoms with Gasteiger partial charge in [0, 0.05) is 23.8 Å². The molecule has 0 radical (unpaired) electrons. The second-order valence-corrected chi connectivity index (χ2v) is 8.88. The van der Waals surface area contributed by atoms with Crippen molar-refractivity contribution < 1.29 is 9.59 Å². The van der Waals surface area contributed by atoms with Gasteiger partial charge in [-0.15, -0.1) is 0 Å². The van der Waals surface area contributed by atoms with Gasteiger partial charge in [-0.25, -0.2) is 0 Å². The number of likely N-dealkylation sites (tertiary alicyclic amines) is 1. The molecule has 32 heavy (non-hydrogen) atoms. The number of aromatic nitrogens is 2. The summed E-state index contributed by atoms with van der Waals surface area (Å²) < 4.78 is 0. The van der Waals surface area contributed by atoms with E-state index in [1.807, 2.05) is 41.3 Å². The SMILES string of the molecule is O=C(c1cc(C2CCCCN2C(=O)Cc2ccc(Cl)cc2)[nH]n1)N1CCc2ccccc21. The monoisotopic (exact) mass is 448 g/mol. The fraction of sp³-hybridized carbons (Fsp3) is 0.320. The highest BCUT2D eigenvalue weighted by Crippen LogP contribution is 2.32. The zero-order valence-electron chi connectivity index (χ0n) is 17.8. The van der Waals surface area contributed by atoms with E-state index >= 15 is 0 Å². The second kappa shape index (κ2) is 8.79. The first-order chi connectivity index (χ1) is 15.6. The maximum atomic E-state index is 13.1. The molecular weight excluding hydrogens is 424 g/mol. The Morgan fingerprint density at radius 3 is 2.72 bits per heavy atom. The van der Waals surface area contributed by atoms with E-state index in [0.29, 0.717) is 30.2 Å². The van der Waals surface area contributed by atoms with E-state index in [0.717, 1.165) is 42.6 Å². The topological polar surface area (TPSA) is 69.3 Å². The van der Waals surface area contributed by atoms with Crippen LogP contribution >= 0.6 is 11.6 Å². The predicted molar refractivity (Wildman–Crippen MR) is 124 cm³/mol. The largest absolute Gasteiger partial charge is 0.334 e. The molecule has 1 saturated heterocycles. The van der Waals surface area contributed by atoms with Crippen LogP contribution in [0.4, 0.5) is 5.69 Å².